The average molecular weight is 260 g/mol. The highest BCUT2D eigenvalue weighted by Gasteiger charge is 2.31. The molecule has 1 heterocycles. The molecule has 2 heteroatoms. The number of hydrogen-bond donors (Lipinski definition) is 1. The quantitative estimate of drug-likeness (QED) is 0.875. The summed E-state index contributed by atoms with van der Waals surface area (Å²) in [6.07, 6.45) is 3.74. The molecule has 1 N–H and O–H groups in total. The molecule has 1 aliphatic rings. The van der Waals surface area contributed by atoms with Gasteiger partial charge in [0.1, 0.15) is 0 Å². The van der Waals surface area contributed by atoms with Crippen molar-refractivity contribution in [2.24, 2.45) is 0 Å². The van der Waals surface area contributed by atoms with Crippen LogP contribution in [0, 0.1) is 0 Å². The lowest BCUT2D eigenvalue weighted by atomic mass is 9.96. The van der Waals surface area contributed by atoms with Crippen LogP contribution in [0.5, 0.6) is 0 Å². The Bertz CT molecular complexity index is 372. The number of nitrogens with zero attached hydrogens (tertiary/aromatic N) is 1. The summed E-state index contributed by atoms with van der Waals surface area (Å²) in [5, 5.41) is 3.68. The van der Waals surface area contributed by atoms with Crippen LogP contribution in [0.15, 0.2) is 30.3 Å². The van der Waals surface area contributed by atoms with Crippen LogP contribution >= 0.6 is 0 Å². The van der Waals surface area contributed by atoms with Crippen LogP contribution in [0.3, 0.4) is 0 Å². The van der Waals surface area contributed by atoms with E-state index in [0.29, 0.717) is 6.04 Å². The maximum Gasteiger partial charge on any atom is 0.0252 e. The lowest BCUT2D eigenvalue weighted by Crippen LogP contribution is -2.61. The smallest absolute Gasteiger partial charge is 0.0252 e. The Morgan fingerprint density at radius 1 is 1.26 bits per heavy atom. The molecule has 19 heavy (non-hydrogen) atoms. The average Bonchev–Trinajstić information content (AvgIpc) is 2.40. The molecule has 0 saturated carbocycles. The molecule has 1 aliphatic heterocycles. The summed E-state index contributed by atoms with van der Waals surface area (Å²) in [6.45, 7) is 10.4. The minimum absolute atomic E-state index is 0.251. The minimum atomic E-state index is 0.251. The third-order valence-electron chi connectivity index (χ3n) is 4.08. The molecule has 0 spiro atoms. The highest BCUT2D eigenvalue weighted by molar-refractivity contribution is 5.15. The predicted molar refractivity (Wildman–Crippen MR) is 82.5 cm³/mol. The number of benzene rings is 1. The molecule has 0 aromatic heterocycles. The van der Waals surface area contributed by atoms with E-state index < -0.39 is 0 Å². The van der Waals surface area contributed by atoms with Crippen LogP contribution in [0.1, 0.15) is 39.2 Å². The Balaban J connectivity index is 1.94. The van der Waals surface area contributed by atoms with Crippen molar-refractivity contribution in [3.05, 3.63) is 35.9 Å². The van der Waals surface area contributed by atoms with Crippen molar-refractivity contribution >= 4 is 0 Å². The molecule has 1 aromatic rings. The van der Waals surface area contributed by atoms with E-state index in [4.69, 9.17) is 0 Å². The number of nitrogens with one attached hydrogen (secondary N) is 1. The first-order valence-electron chi connectivity index (χ1n) is 7.64. The van der Waals surface area contributed by atoms with Crippen molar-refractivity contribution in [3.8, 4) is 0 Å². The van der Waals surface area contributed by atoms with E-state index in [0.717, 1.165) is 19.5 Å². The summed E-state index contributed by atoms with van der Waals surface area (Å²) in [5.41, 5.74) is 1.70. The second kappa shape index (κ2) is 6.53. The zero-order chi connectivity index (χ0) is 13.7. The molecule has 2 nitrogen and oxygen atoms in total. The van der Waals surface area contributed by atoms with Crippen LogP contribution < -0.4 is 5.32 Å². The van der Waals surface area contributed by atoms with Crippen molar-refractivity contribution < 1.29 is 0 Å². The van der Waals surface area contributed by atoms with Crippen LogP contribution in [-0.4, -0.2) is 36.1 Å². The molecular weight excluding hydrogens is 232 g/mol. The molecule has 0 radical (unpaired) electrons. The fraction of sp³-hybridized carbons (Fsp3) is 0.647. The normalized spacial score (nSPS) is 23.4. The van der Waals surface area contributed by atoms with Gasteiger partial charge in [0.05, 0.1) is 0 Å². The van der Waals surface area contributed by atoms with E-state index >= 15 is 0 Å². The van der Waals surface area contributed by atoms with E-state index in [2.05, 4.69) is 61.3 Å². The zero-order valence-corrected chi connectivity index (χ0v) is 12.7. The number of hydrogen-bond acceptors (Lipinski definition) is 2. The van der Waals surface area contributed by atoms with Gasteiger partial charge in [0.15, 0.2) is 0 Å². The molecule has 1 saturated heterocycles. The van der Waals surface area contributed by atoms with Gasteiger partial charge in [0, 0.05) is 31.2 Å². The van der Waals surface area contributed by atoms with Crippen LogP contribution in [-0.2, 0) is 6.42 Å². The predicted octanol–water partition coefficient (Wildman–Crippen LogP) is 3.08. The SMILES string of the molecule is CCCC1CNC(C)(C)CN1CCc1ccccc1. The Kier molecular flexibility index (Phi) is 5.00. The summed E-state index contributed by atoms with van der Waals surface area (Å²) in [7, 11) is 0. The van der Waals surface area contributed by atoms with Crippen LogP contribution in [0.2, 0.25) is 0 Å². The van der Waals surface area contributed by atoms with E-state index in [1.165, 1.54) is 24.9 Å². The third-order valence-corrected chi connectivity index (χ3v) is 4.08. The maximum atomic E-state index is 3.68. The molecule has 0 aliphatic carbocycles. The van der Waals surface area contributed by atoms with Gasteiger partial charge >= 0.3 is 0 Å². The minimum Gasteiger partial charge on any atom is -0.309 e. The van der Waals surface area contributed by atoms with Crippen molar-refractivity contribution in [1.29, 1.82) is 0 Å². The Morgan fingerprint density at radius 3 is 2.68 bits per heavy atom. The van der Waals surface area contributed by atoms with E-state index in [1.807, 2.05) is 0 Å². The van der Waals surface area contributed by atoms with Gasteiger partial charge in [0.25, 0.3) is 0 Å². The zero-order valence-electron chi connectivity index (χ0n) is 12.7. The fourth-order valence-corrected chi connectivity index (χ4v) is 3.01. The summed E-state index contributed by atoms with van der Waals surface area (Å²) in [6, 6.07) is 11.6. The molecule has 2 rings (SSSR count). The van der Waals surface area contributed by atoms with Crippen molar-refractivity contribution in [3.63, 3.8) is 0 Å². The summed E-state index contributed by atoms with van der Waals surface area (Å²) in [4.78, 5) is 2.69. The van der Waals surface area contributed by atoms with Gasteiger partial charge < -0.3 is 5.32 Å². The molecule has 1 atom stereocenters. The Labute approximate surface area is 118 Å². The van der Waals surface area contributed by atoms with Crippen LogP contribution in [0.4, 0.5) is 0 Å². The van der Waals surface area contributed by atoms with E-state index in [-0.39, 0.29) is 5.54 Å². The lowest BCUT2D eigenvalue weighted by Gasteiger charge is -2.45. The van der Waals surface area contributed by atoms with Crippen molar-refractivity contribution in [2.45, 2.75) is 51.6 Å². The second-order valence-electron chi connectivity index (χ2n) is 6.41. The number of piperazine rings is 1. The Morgan fingerprint density at radius 2 is 2.00 bits per heavy atom. The molecule has 106 valence electrons. The number of rotatable bonds is 5. The molecule has 0 amide bonds. The van der Waals surface area contributed by atoms with Gasteiger partial charge in [-0.2, -0.15) is 0 Å². The third kappa shape index (κ3) is 4.32. The topological polar surface area (TPSA) is 15.3 Å². The van der Waals surface area contributed by atoms with Gasteiger partial charge in [-0.3, -0.25) is 4.90 Å². The summed E-state index contributed by atoms with van der Waals surface area (Å²) < 4.78 is 0. The lowest BCUT2D eigenvalue weighted by molar-refractivity contribution is 0.0907. The summed E-state index contributed by atoms with van der Waals surface area (Å²) in [5.74, 6) is 0. The molecule has 1 fully saturated rings. The standard InChI is InChI=1S/C17H28N2/c1-4-8-16-13-18-17(2,3)14-19(16)12-11-15-9-6-5-7-10-15/h5-7,9-10,16,18H,4,8,11-14H2,1-3H3. The molecular formula is C17H28N2. The fourth-order valence-electron chi connectivity index (χ4n) is 3.01. The van der Waals surface area contributed by atoms with Gasteiger partial charge in [-0.05, 0) is 32.3 Å². The monoisotopic (exact) mass is 260 g/mol. The first-order valence-corrected chi connectivity index (χ1v) is 7.64. The summed E-state index contributed by atoms with van der Waals surface area (Å²) >= 11 is 0. The van der Waals surface area contributed by atoms with Gasteiger partial charge in [-0.25, -0.2) is 0 Å². The van der Waals surface area contributed by atoms with E-state index in [1.54, 1.807) is 0 Å². The van der Waals surface area contributed by atoms with Gasteiger partial charge in [0.2, 0.25) is 0 Å². The molecule has 0 bridgehead atoms. The van der Waals surface area contributed by atoms with Crippen molar-refractivity contribution in [1.82, 2.24) is 10.2 Å². The van der Waals surface area contributed by atoms with E-state index in [9.17, 15) is 0 Å². The highest BCUT2D eigenvalue weighted by Crippen LogP contribution is 2.18. The van der Waals surface area contributed by atoms with Gasteiger partial charge in [-0.15, -0.1) is 0 Å². The highest BCUT2D eigenvalue weighted by atomic mass is 15.2. The van der Waals surface area contributed by atoms with Crippen molar-refractivity contribution in [2.75, 3.05) is 19.6 Å². The second-order valence-corrected chi connectivity index (χ2v) is 6.41. The molecule has 1 unspecified atom stereocenters. The first-order chi connectivity index (χ1) is 9.11. The first kappa shape index (κ1) is 14.5. The van der Waals surface area contributed by atoms with Crippen LogP contribution in [0.25, 0.3) is 0 Å². The maximum absolute atomic E-state index is 3.68. The van der Waals surface area contributed by atoms with Gasteiger partial charge in [-0.1, -0.05) is 43.7 Å². The molecule has 1 aromatic carbocycles. The largest absolute Gasteiger partial charge is 0.309 e. The Hall–Kier alpha value is -0.860.